The third-order valence-electron chi connectivity index (χ3n) is 4.37. The molecule has 0 aliphatic carbocycles. The van der Waals surface area contributed by atoms with Gasteiger partial charge in [0.15, 0.2) is 17.8 Å². The summed E-state index contributed by atoms with van der Waals surface area (Å²) in [5.74, 6) is 0.985. The van der Waals surface area contributed by atoms with E-state index in [-0.39, 0.29) is 19.1 Å². The summed E-state index contributed by atoms with van der Waals surface area (Å²) in [5, 5.41) is 2.90. The second-order valence-electron chi connectivity index (χ2n) is 6.45. The molecular weight excluding hydrogens is 334 g/mol. The first-order valence-electron chi connectivity index (χ1n) is 8.37. The van der Waals surface area contributed by atoms with Gasteiger partial charge in [0.05, 0.1) is 32.8 Å². The third kappa shape index (κ3) is 3.81. The molecule has 2 aromatic carbocycles. The molecule has 0 radical (unpaired) electrons. The Kier molecular flexibility index (Phi) is 5.44. The van der Waals surface area contributed by atoms with E-state index in [1.807, 2.05) is 37.3 Å². The molecule has 1 saturated heterocycles. The molecule has 26 heavy (non-hydrogen) atoms. The van der Waals surface area contributed by atoms with E-state index >= 15 is 0 Å². The smallest absolute Gasteiger partial charge is 0.235 e. The van der Waals surface area contributed by atoms with Crippen LogP contribution in [0.3, 0.4) is 0 Å². The van der Waals surface area contributed by atoms with Crippen LogP contribution < -0.4 is 14.8 Å². The summed E-state index contributed by atoms with van der Waals surface area (Å²) < 4.78 is 22.1. The van der Waals surface area contributed by atoms with Gasteiger partial charge < -0.3 is 24.3 Å². The highest BCUT2D eigenvalue weighted by molar-refractivity contribution is 5.95. The molecule has 6 heteroatoms. The van der Waals surface area contributed by atoms with Crippen molar-refractivity contribution in [3.63, 3.8) is 0 Å². The van der Waals surface area contributed by atoms with Crippen LogP contribution in [0.15, 0.2) is 48.5 Å². The molecule has 0 unspecified atom stereocenters. The summed E-state index contributed by atoms with van der Waals surface area (Å²) in [6.07, 6.45) is -0.446. The van der Waals surface area contributed by atoms with Crippen molar-refractivity contribution in [3.8, 4) is 11.5 Å². The maximum Gasteiger partial charge on any atom is 0.235 e. The molecule has 138 valence electrons. The summed E-state index contributed by atoms with van der Waals surface area (Å²) in [6, 6.07) is 14.9. The molecule has 0 aromatic heterocycles. The number of anilines is 1. The molecular formula is C20H23NO5. The number of amides is 1. The van der Waals surface area contributed by atoms with Gasteiger partial charge in [0.1, 0.15) is 0 Å². The van der Waals surface area contributed by atoms with Gasteiger partial charge in [0, 0.05) is 17.3 Å². The van der Waals surface area contributed by atoms with Gasteiger partial charge >= 0.3 is 0 Å². The van der Waals surface area contributed by atoms with Crippen LogP contribution in [0.5, 0.6) is 11.5 Å². The van der Waals surface area contributed by atoms with Gasteiger partial charge in [0.25, 0.3) is 0 Å². The number of hydrogen-bond donors (Lipinski definition) is 1. The number of carbonyl (C=O) groups is 1. The maximum atomic E-state index is 12.7. The Balaban J connectivity index is 1.65. The lowest BCUT2D eigenvalue weighted by molar-refractivity contribution is -0.226. The highest BCUT2D eigenvalue weighted by Gasteiger charge is 2.40. The van der Waals surface area contributed by atoms with Crippen molar-refractivity contribution in [2.24, 2.45) is 5.41 Å². The number of ether oxygens (including phenoxy) is 4. The first-order valence-corrected chi connectivity index (χ1v) is 8.37. The van der Waals surface area contributed by atoms with Crippen molar-refractivity contribution in [3.05, 3.63) is 54.1 Å². The minimum atomic E-state index is -0.779. The SMILES string of the molecule is COc1ccc(NC(=O)C2(C)COC(c3ccccc3)OC2)cc1OC. The molecule has 2 aromatic rings. The highest BCUT2D eigenvalue weighted by Crippen LogP contribution is 2.34. The average molecular weight is 357 g/mol. The minimum absolute atomic E-state index is 0.170. The van der Waals surface area contributed by atoms with Crippen molar-refractivity contribution < 1.29 is 23.7 Å². The summed E-state index contributed by atoms with van der Waals surface area (Å²) in [4.78, 5) is 12.7. The van der Waals surface area contributed by atoms with Gasteiger partial charge in [-0.15, -0.1) is 0 Å². The van der Waals surface area contributed by atoms with Crippen molar-refractivity contribution in [2.45, 2.75) is 13.2 Å². The molecule has 0 bridgehead atoms. The predicted molar refractivity (Wildman–Crippen MR) is 97.4 cm³/mol. The number of rotatable bonds is 5. The van der Waals surface area contributed by atoms with Crippen LogP contribution in [-0.2, 0) is 14.3 Å². The number of hydrogen-bond acceptors (Lipinski definition) is 5. The normalized spacial score (nSPS) is 22.5. The summed E-state index contributed by atoms with van der Waals surface area (Å²) >= 11 is 0. The Morgan fingerprint density at radius 3 is 2.31 bits per heavy atom. The second-order valence-corrected chi connectivity index (χ2v) is 6.45. The summed E-state index contributed by atoms with van der Waals surface area (Å²) in [7, 11) is 3.12. The lowest BCUT2D eigenvalue weighted by Crippen LogP contribution is -2.45. The molecule has 1 amide bonds. The zero-order valence-corrected chi connectivity index (χ0v) is 15.2. The maximum absolute atomic E-state index is 12.7. The molecule has 1 aliphatic rings. The quantitative estimate of drug-likeness (QED) is 0.888. The van der Waals surface area contributed by atoms with Gasteiger partial charge in [-0.05, 0) is 19.1 Å². The van der Waals surface area contributed by atoms with E-state index in [0.29, 0.717) is 17.2 Å². The van der Waals surface area contributed by atoms with Gasteiger partial charge in [-0.2, -0.15) is 0 Å². The van der Waals surface area contributed by atoms with Gasteiger partial charge in [-0.25, -0.2) is 0 Å². The molecule has 1 heterocycles. The van der Waals surface area contributed by atoms with Crippen molar-refractivity contribution in [1.29, 1.82) is 0 Å². The molecule has 1 fully saturated rings. The van der Waals surface area contributed by atoms with E-state index in [2.05, 4.69) is 5.32 Å². The summed E-state index contributed by atoms with van der Waals surface area (Å²) in [6.45, 7) is 2.36. The Morgan fingerprint density at radius 2 is 1.69 bits per heavy atom. The lowest BCUT2D eigenvalue weighted by atomic mass is 9.90. The Bertz CT molecular complexity index is 754. The molecule has 3 rings (SSSR count). The number of methoxy groups -OCH3 is 2. The monoisotopic (exact) mass is 357 g/mol. The minimum Gasteiger partial charge on any atom is -0.493 e. The van der Waals surface area contributed by atoms with E-state index in [9.17, 15) is 4.79 Å². The molecule has 0 spiro atoms. The van der Waals surface area contributed by atoms with E-state index in [1.54, 1.807) is 32.4 Å². The standard InChI is InChI=1S/C20H23NO5/c1-20(12-25-18(26-13-20)14-7-5-4-6-8-14)19(22)21-15-9-10-16(23-2)17(11-15)24-3/h4-11,18H,12-13H2,1-3H3,(H,21,22). The Morgan fingerprint density at radius 1 is 1.04 bits per heavy atom. The average Bonchev–Trinajstić information content (AvgIpc) is 2.69. The zero-order valence-electron chi connectivity index (χ0n) is 15.2. The Labute approximate surface area is 153 Å². The number of carbonyl (C=O) groups excluding carboxylic acids is 1. The van der Waals surface area contributed by atoms with Crippen molar-refractivity contribution in [2.75, 3.05) is 32.8 Å². The summed E-state index contributed by atoms with van der Waals surface area (Å²) in [5.41, 5.74) is 0.784. The van der Waals surface area contributed by atoms with E-state index in [0.717, 1.165) is 5.56 Å². The molecule has 0 atom stereocenters. The fourth-order valence-electron chi connectivity index (χ4n) is 2.74. The number of nitrogens with one attached hydrogen (secondary N) is 1. The largest absolute Gasteiger partial charge is 0.493 e. The van der Waals surface area contributed by atoms with Crippen LogP contribution in [0.25, 0.3) is 0 Å². The Hall–Kier alpha value is -2.57. The first-order chi connectivity index (χ1) is 12.6. The zero-order chi connectivity index (χ0) is 18.6. The van der Waals surface area contributed by atoms with E-state index in [4.69, 9.17) is 18.9 Å². The highest BCUT2D eigenvalue weighted by atomic mass is 16.7. The molecule has 6 nitrogen and oxygen atoms in total. The lowest BCUT2D eigenvalue weighted by Gasteiger charge is -2.36. The second kappa shape index (κ2) is 7.76. The third-order valence-corrected chi connectivity index (χ3v) is 4.37. The van der Waals surface area contributed by atoms with E-state index in [1.165, 1.54) is 0 Å². The van der Waals surface area contributed by atoms with Gasteiger partial charge in [0.2, 0.25) is 5.91 Å². The van der Waals surface area contributed by atoms with Crippen LogP contribution >= 0.6 is 0 Å². The van der Waals surface area contributed by atoms with Crippen LogP contribution in [0.2, 0.25) is 0 Å². The van der Waals surface area contributed by atoms with Crippen LogP contribution in [0, 0.1) is 5.41 Å². The molecule has 1 aliphatic heterocycles. The van der Waals surface area contributed by atoms with E-state index < -0.39 is 11.7 Å². The molecule has 0 saturated carbocycles. The topological polar surface area (TPSA) is 66.0 Å². The van der Waals surface area contributed by atoms with Crippen LogP contribution in [-0.4, -0.2) is 33.3 Å². The molecule has 1 N–H and O–H groups in total. The van der Waals surface area contributed by atoms with Crippen molar-refractivity contribution in [1.82, 2.24) is 0 Å². The van der Waals surface area contributed by atoms with Crippen molar-refractivity contribution >= 4 is 11.6 Å². The number of benzene rings is 2. The van der Waals surface area contributed by atoms with Gasteiger partial charge in [-0.3, -0.25) is 4.79 Å². The fraction of sp³-hybridized carbons (Fsp3) is 0.350. The van der Waals surface area contributed by atoms with Gasteiger partial charge in [-0.1, -0.05) is 30.3 Å². The first kappa shape index (κ1) is 18.2. The van der Waals surface area contributed by atoms with Crippen LogP contribution in [0.4, 0.5) is 5.69 Å². The van der Waals surface area contributed by atoms with Crippen LogP contribution in [0.1, 0.15) is 18.8 Å². The fourth-order valence-corrected chi connectivity index (χ4v) is 2.74. The predicted octanol–water partition coefficient (Wildman–Crippen LogP) is 3.39.